The minimum absolute atomic E-state index is 0.0511. The third kappa shape index (κ3) is 5.19. The van der Waals surface area contributed by atoms with Crippen LogP contribution in [0, 0.1) is 0 Å². The van der Waals surface area contributed by atoms with Gasteiger partial charge in [0.05, 0.1) is 22.8 Å². The van der Waals surface area contributed by atoms with Crippen molar-refractivity contribution in [3.63, 3.8) is 0 Å². The molecule has 13 heteroatoms. The van der Waals surface area contributed by atoms with Crippen LogP contribution in [-0.4, -0.2) is 56.6 Å². The highest BCUT2D eigenvalue weighted by Gasteiger charge is 2.46. The summed E-state index contributed by atoms with van der Waals surface area (Å²) in [7, 11) is 0. The summed E-state index contributed by atoms with van der Waals surface area (Å²) in [6, 6.07) is 15.5. The molecular weight excluding hydrogens is 599 g/mol. The monoisotopic (exact) mass is 631 g/mol. The zero-order chi connectivity index (χ0) is 32.3. The fraction of sp³-hybridized carbons (Fsp3) is 0.333. The standard InChI is InChI=1S/C33H32F3N7O3/c1-31(40-30(46)42-14-12-32(13-15-42)25-4-2-3-5-27(25)38-29(45)39-32)16-21-8-11-26-23(17-37-41-26)24(21)19-43(28(31)44)18-20-6-9-22(10-7-20)33(34,35)36/h2-11,17H,12-16,18-19H2,1H3,(H,37,41)(H,40,46)(H2,38,39,45). The van der Waals surface area contributed by atoms with Crippen LogP contribution in [0.1, 0.15) is 47.6 Å². The third-order valence-electron chi connectivity index (χ3n) is 9.47. The fourth-order valence-electron chi connectivity index (χ4n) is 7.04. The van der Waals surface area contributed by atoms with Gasteiger partial charge in [-0.1, -0.05) is 36.4 Å². The van der Waals surface area contributed by atoms with Gasteiger partial charge < -0.3 is 25.8 Å². The summed E-state index contributed by atoms with van der Waals surface area (Å²) in [6.45, 7) is 2.64. The third-order valence-corrected chi connectivity index (χ3v) is 9.47. The summed E-state index contributed by atoms with van der Waals surface area (Å²) in [6.07, 6.45) is -1.57. The second kappa shape index (κ2) is 10.8. The van der Waals surface area contributed by atoms with E-state index in [1.54, 1.807) is 22.9 Å². The molecule has 1 atom stereocenters. The number of benzene rings is 3. The predicted molar refractivity (Wildman–Crippen MR) is 164 cm³/mol. The van der Waals surface area contributed by atoms with E-state index >= 15 is 0 Å². The lowest BCUT2D eigenvalue weighted by Crippen LogP contribution is -2.63. The van der Waals surface area contributed by atoms with Gasteiger partial charge in [0, 0.05) is 49.2 Å². The number of piperidine rings is 1. The van der Waals surface area contributed by atoms with Crippen LogP contribution in [0.5, 0.6) is 0 Å². The molecule has 46 heavy (non-hydrogen) atoms. The highest BCUT2D eigenvalue weighted by molar-refractivity contribution is 5.95. The van der Waals surface area contributed by atoms with Gasteiger partial charge in [0.25, 0.3) is 0 Å². The molecule has 1 spiro atoms. The summed E-state index contributed by atoms with van der Waals surface area (Å²) in [4.78, 5) is 43.8. The Labute approximate surface area is 262 Å². The number of carbonyl (C=O) groups excluding carboxylic acids is 3. The van der Waals surface area contributed by atoms with Crippen LogP contribution in [0.15, 0.2) is 66.9 Å². The molecule has 3 aliphatic rings. The molecule has 1 fully saturated rings. The first-order valence-electron chi connectivity index (χ1n) is 15.1. The quantitative estimate of drug-likeness (QED) is 0.246. The Morgan fingerprint density at radius 2 is 1.76 bits per heavy atom. The van der Waals surface area contributed by atoms with Crippen molar-refractivity contribution in [3.8, 4) is 0 Å². The molecule has 1 unspecified atom stereocenters. The van der Waals surface area contributed by atoms with Crippen molar-refractivity contribution >= 4 is 34.6 Å². The summed E-state index contributed by atoms with van der Waals surface area (Å²) in [5.74, 6) is -0.346. The molecule has 4 heterocycles. The maximum Gasteiger partial charge on any atom is 0.416 e. The zero-order valence-corrected chi connectivity index (χ0v) is 25.0. The number of hydrogen-bond acceptors (Lipinski definition) is 4. The molecule has 7 rings (SSSR count). The highest BCUT2D eigenvalue weighted by atomic mass is 19.4. The minimum Gasteiger partial charge on any atom is -0.332 e. The topological polar surface area (TPSA) is 122 Å². The predicted octanol–water partition coefficient (Wildman–Crippen LogP) is 5.26. The van der Waals surface area contributed by atoms with Crippen molar-refractivity contribution in [3.05, 3.63) is 94.7 Å². The first kappa shape index (κ1) is 29.6. The van der Waals surface area contributed by atoms with Crippen molar-refractivity contribution in [2.75, 3.05) is 18.4 Å². The number of rotatable bonds is 3. The number of nitrogens with one attached hydrogen (secondary N) is 4. The number of aromatic amines is 1. The summed E-state index contributed by atoms with van der Waals surface area (Å²) in [5, 5.41) is 16.9. The normalized spacial score (nSPS) is 20.9. The second-order valence-electron chi connectivity index (χ2n) is 12.5. The Kier molecular flexibility index (Phi) is 6.94. The van der Waals surface area contributed by atoms with Crippen molar-refractivity contribution in [2.45, 2.75) is 56.5 Å². The number of likely N-dealkylation sites (tertiary alicyclic amines) is 1. The van der Waals surface area contributed by atoms with Gasteiger partial charge in [0.15, 0.2) is 0 Å². The number of fused-ring (bicyclic) bond motifs is 5. The van der Waals surface area contributed by atoms with Crippen molar-refractivity contribution < 1.29 is 27.6 Å². The van der Waals surface area contributed by atoms with E-state index in [0.29, 0.717) is 31.5 Å². The van der Waals surface area contributed by atoms with Crippen molar-refractivity contribution in [2.24, 2.45) is 0 Å². The molecule has 0 radical (unpaired) electrons. The molecule has 3 aromatic carbocycles. The molecule has 10 nitrogen and oxygen atoms in total. The van der Waals surface area contributed by atoms with Crippen LogP contribution in [-0.2, 0) is 36.0 Å². The van der Waals surface area contributed by atoms with E-state index in [1.807, 2.05) is 36.4 Å². The van der Waals surface area contributed by atoms with Crippen LogP contribution in [0.25, 0.3) is 10.9 Å². The number of alkyl halides is 3. The smallest absolute Gasteiger partial charge is 0.332 e. The molecule has 0 saturated carbocycles. The SMILES string of the molecule is CC1(NC(=O)N2CCC3(CC2)NC(=O)Nc2ccccc23)Cc2ccc3[nH]ncc3c2CN(Cc2ccc(C(F)(F)F)cc2)C1=O. The van der Waals surface area contributed by atoms with Gasteiger partial charge in [-0.15, -0.1) is 0 Å². The number of anilines is 1. The number of amides is 5. The van der Waals surface area contributed by atoms with E-state index in [1.165, 1.54) is 12.1 Å². The van der Waals surface area contributed by atoms with Gasteiger partial charge in [-0.25, -0.2) is 9.59 Å². The molecule has 3 aliphatic heterocycles. The molecule has 4 N–H and O–H groups in total. The van der Waals surface area contributed by atoms with E-state index in [0.717, 1.165) is 45.4 Å². The molecule has 4 aromatic rings. The molecular formula is C33H32F3N7O3. The van der Waals surface area contributed by atoms with Gasteiger partial charge in [-0.05, 0) is 60.7 Å². The molecule has 1 aromatic heterocycles. The van der Waals surface area contributed by atoms with Gasteiger partial charge in [0.2, 0.25) is 5.91 Å². The van der Waals surface area contributed by atoms with Crippen LogP contribution in [0.4, 0.5) is 28.4 Å². The Morgan fingerprint density at radius 1 is 1.02 bits per heavy atom. The van der Waals surface area contributed by atoms with Crippen LogP contribution < -0.4 is 16.0 Å². The molecule has 0 bridgehead atoms. The highest BCUT2D eigenvalue weighted by Crippen LogP contribution is 2.40. The van der Waals surface area contributed by atoms with Crippen LogP contribution in [0.2, 0.25) is 0 Å². The Hall–Kier alpha value is -5.07. The second-order valence-corrected chi connectivity index (χ2v) is 12.5. The first-order chi connectivity index (χ1) is 21.9. The fourth-order valence-corrected chi connectivity index (χ4v) is 7.04. The van der Waals surface area contributed by atoms with E-state index in [2.05, 4.69) is 26.1 Å². The van der Waals surface area contributed by atoms with E-state index < -0.39 is 28.8 Å². The van der Waals surface area contributed by atoms with E-state index in [9.17, 15) is 27.6 Å². The maximum absolute atomic E-state index is 14.3. The number of carbonyl (C=O) groups is 3. The van der Waals surface area contributed by atoms with E-state index in [-0.39, 0.29) is 31.4 Å². The molecule has 238 valence electrons. The summed E-state index contributed by atoms with van der Waals surface area (Å²) < 4.78 is 39.6. The van der Waals surface area contributed by atoms with Crippen molar-refractivity contribution in [1.82, 2.24) is 30.6 Å². The number of halogens is 3. The van der Waals surface area contributed by atoms with Gasteiger partial charge in [0.1, 0.15) is 5.54 Å². The number of para-hydroxylation sites is 1. The number of aromatic nitrogens is 2. The Balaban J connectivity index is 1.14. The van der Waals surface area contributed by atoms with E-state index in [4.69, 9.17) is 0 Å². The zero-order valence-electron chi connectivity index (χ0n) is 25.0. The number of hydrogen-bond donors (Lipinski definition) is 4. The number of nitrogens with zero attached hydrogens (tertiary/aromatic N) is 3. The largest absolute Gasteiger partial charge is 0.416 e. The first-order valence-corrected chi connectivity index (χ1v) is 15.1. The average molecular weight is 632 g/mol. The molecule has 5 amide bonds. The van der Waals surface area contributed by atoms with Gasteiger partial charge in [-0.2, -0.15) is 18.3 Å². The van der Waals surface area contributed by atoms with Gasteiger partial charge in [-0.3, -0.25) is 9.89 Å². The summed E-state index contributed by atoms with van der Waals surface area (Å²) >= 11 is 0. The minimum atomic E-state index is -4.47. The lowest BCUT2D eigenvalue weighted by molar-refractivity contribution is -0.139. The van der Waals surface area contributed by atoms with Gasteiger partial charge >= 0.3 is 18.2 Å². The summed E-state index contributed by atoms with van der Waals surface area (Å²) in [5.41, 5.74) is 2.06. The Morgan fingerprint density at radius 3 is 2.50 bits per heavy atom. The number of H-pyrrole nitrogens is 1. The molecule has 1 saturated heterocycles. The van der Waals surface area contributed by atoms with Crippen LogP contribution in [0.3, 0.4) is 0 Å². The number of urea groups is 2. The average Bonchev–Trinajstić information content (AvgIpc) is 3.47. The van der Waals surface area contributed by atoms with Crippen molar-refractivity contribution in [1.29, 1.82) is 0 Å². The van der Waals surface area contributed by atoms with Crippen LogP contribution >= 0.6 is 0 Å². The maximum atomic E-state index is 14.3. The Bertz CT molecular complexity index is 1850. The lowest BCUT2D eigenvalue weighted by Gasteiger charge is -2.46. The lowest BCUT2D eigenvalue weighted by atomic mass is 9.79. The molecule has 0 aliphatic carbocycles.